The van der Waals surface area contributed by atoms with Gasteiger partial charge in [-0.15, -0.1) is 0 Å². The van der Waals surface area contributed by atoms with Crippen molar-refractivity contribution in [3.05, 3.63) is 23.5 Å². The normalized spacial score (nSPS) is 10.2. The molecule has 0 aliphatic heterocycles. The Kier molecular flexibility index (Phi) is 6.09. The predicted octanol–water partition coefficient (Wildman–Crippen LogP) is 3.41. The first-order valence-electron chi connectivity index (χ1n) is 5.59. The Bertz CT molecular complexity index is 417. The minimum Gasteiger partial charge on any atom is -0.493 e. The van der Waals surface area contributed by atoms with Gasteiger partial charge in [0.25, 0.3) is 10.5 Å². The van der Waals surface area contributed by atoms with E-state index >= 15 is 0 Å². The molecule has 0 unspecified atom stereocenters. The number of aromatic nitrogens is 1. The number of carbonyl (C=O) groups excluding carboxylic acids is 2. The van der Waals surface area contributed by atoms with E-state index in [1.165, 1.54) is 12.1 Å². The third kappa shape index (κ3) is 4.63. The molecule has 0 bridgehead atoms. The van der Waals surface area contributed by atoms with Crippen molar-refractivity contribution >= 4 is 33.7 Å². The van der Waals surface area contributed by atoms with Gasteiger partial charge < -0.3 is 4.74 Å². The lowest BCUT2D eigenvalue weighted by atomic mass is 10.2. The Hall–Kier alpha value is -1.13. The van der Waals surface area contributed by atoms with Gasteiger partial charge in [-0.25, -0.2) is 4.98 Å². The molecule has 18 heavy (non-hydrogen) atoms. The highest BCUT2D eigenvalue weighted by Gasteiger charge is 2.12. The first kappa shape index (κ1) is 14.9. The largest absolute Gasteiger partial charge is 0.493 e. The summed E-state index contributed by atoms with van der Waals surface area (Å²) in [6, 6.07) is 2.79. The van der Waals surface area contributed by atoms with Crippen molar-refractivity contribution in [1.82, 2.24) is 4.98 Å². The fourth-order valence-corrected chi connectivity index (χ4v) is 1.53. The molecule has 0 aliphatic rings. The predicted molar refractivity (Wildman–Crippen MR) is 69.6 cm³/mol. The molecule has 0 radical (unpaired) electrons. The minimum absolute atomic E-state index is 0.0475. The van der Waals surface area contributed by atoms with Gasteiger partial charge in [-0.3, -0.25) is 9.59 Å². The van der Waals surface area contributed by atoms with Crippen molar-refractivity contribution in [2.24, 2.45) is 0 Å². The van der Waals surface area contributed by atoms with Gasteiger partial charge in [0.15, 0.2) is 0 Å². The summed E-state index contributed by atoms with van der Waals surface area (Å²) >= 11 is 10.6. The van der Waals surface area contributed by atoms with Gasteiger partial charge in [0, 0.05) is 12.1 Å². The molecule has 0 aromatic carbocycles. The van der Waals surface area contributed by atoms with Crippen LogP contribution in [0.3, 0.4) is 0 Å². The summed E-state index contributed by atoms with van der Waals surface area (Å²) in [5.74, 6) is 0.370. The van der Waals surface area contributed by atoms with Crippen molar-refractivity contribution in [2.75, 3.05) is 6.61 Å². The fourth-order valence-electron chi connectivity index (χ4n) is 1.33. The molecule has 0 amide bonds. The maximum Gasteiger partial charge on any atom is 0.270 e. The molecule has 6 heteroatoms. The Morgan fingerprint density at radius 1 is 1.17 bits per heavy atom. The summed E-state index contributed by atoms with van der Waals surface area (Å²) in [7, 11) is 0. The van der Waals surface area contributed by atoms with Crippen LogP contribution < -0.4 is 4.74 Å². The van der Waals surface area contributed by atoms with Gasteiger partial charge in [-0.05, 0) is 29.6 Å². The van der Waals surface area contributed by atoms with Crippen LogP contribution in [0.15, 0.2) is 12.1 Å². The number of ether oxygens (including phenoxy) is 1. The van der Waals surface area contributed by atoms with Crippen LogP contribution in [0.1, 0.15) is 47.2 Å². The molecular weight excluding hydrogens is 277 g/mol. The smallest absolute Gasteiger partial charge is 0.270 e. The molecule has 0 N–H and O–H groups in total. The molecule has 0 fully saturated rings. The summed E-state index contributed by atoms with van der Waals surface area (Å²) in [5, 5.41) is -1.51. The van der Waals surface area contributed by atoms with E-state index < -0.39 is 10.5 Å². The summed E-state index contributed by atoms with van der Waals surface area (Å²) in [6.45, 7) is 2.59. The van der Waals surface area contributed by atoms with Crippen LogP contribution in [-0.4, -0.2) is 22.1 Å². The van der Waals surface area contributed by atoms with Gasteiger partial charge in [-0.1, -0.05) is 19.8 Å². The Balaban J connectivity index is 2.83. The van der Waals surface area contributed by atoms with Gasteiger partial charge in [-0.2, -0.15) is 0 Å². The Morgan fingerprint density at radius 2 is 1.72 bits per heavy atom. The maximum atomic E-state index is 11.0. The lowest BCUT2D eigenvalue weighted by Crippen LogP contribution is -2.04. The van der Waals surface area contributed by atoms with E-state index in [0.29, 0.717) is 12.4 Å². The third-order valence-corrected chi connectivity index (χ3v) is 2.61. The van der Waals surface area contributed by atoms with Crippen molar-refractivity contribution in [2.45, 2.75) is 26.2 Å². The average Bonchev–Trinajstić information content (AvgIpc) is 2.34. The number of halogens is 2. The van der Waals surface area contributed by atoms with E-state index in [-0.39, 0.29) is 11.4 Å². The van der Waals surface area contributed by atoms with E-state index in [4.69, 9.17) is 27.9 Å². The second kappa shape index (κ2) is 7.34. The first-order valence-corrected chi connectivity index (χ1v) is 6.34. The van der Waals surface area contributed by atoms with E-state index in [1.807, 2.05) is 0 Å². The van der Waals surface area contributed by atoms with Crippen molar-refractivity contribution in [3.63, 3.8) is 0 Å². The number of rotatable bonds is 7. The molecule has 0 saturated carbocycles. The van der Waals surface area contributed by atoms with E-state index in [9.17, 15) is 9.59 Å². The molecule has 0 aliphatic carbocycles. The van der Waals surface area contributed by atoms with E-state index in [0.717, 1.165) is 19.3 Å². The molecule has 1 aromatic heterocycles. The van der Waals surface area contributed by atoms with Crippen LogP contribution in [0.25, 0.3) is 0 Å². The average molecular weight is 290 g/mol. The third-order valence-electron chi connectivity index (χ3n) is 2.22. The van der Waals surface area contributed by atoms with Crippen LogP contribution in [0.2, 0.25) is 0 Å². The Labute approximate surface area is 115 Å². The summed E-state index contributed by atoms with van der Waals surface area (Å²) < 4.78 is 5.43. The number of unbranched alkanes of at least 4 members (excludes halogenated alkanes) is 2. The van der Waals surface area contributed by atoms with Crippen LogP contribution >= 0.6 is 23.2 Å². The maximum absolute atomic E-state index is 11.0. The SMILES string of the molecule is CCCCCOc1cc(C(=O)Cl)nc(C(=O)Cl)c1. The summed E-state index contributed by atoms with van der Waals surface area (Å²) in [6.07, 6.45) is 3.03. The fraction of sp³-hybridized carbons (Fsp3) is 0.417. The zero-order valence-electron chi connectivity index (χ0n) is 9.91. The standard InChI is InChI=1S/C12H13Cl2NO3/c1-2-3-4-5-18-8-6-9(11(13)16)15-10(7-8)12(14)17/h6-7H,2-5H2,1H3. The van der Waals surface area contributed by atoms with Gasteiger partial charge in [0.1, 0.15) is 17.1 Å². The quantitative estimate of drug-likeness (QED) is 0.570. The van der Waals surface area contributed by atoms with Crippen molar-refractivity contribution < 1.29 is 14.3 Å². The van der Waals surface area contributed by atoms with E-state index in [1.54, 1.807) is 0 Å². The van der Waals surface area contributed by atoms with Crippen molar-refractivity contribution in [3.8, 4) is 5.75 Å². The monoisotopic (exact) mass is 289 g/mol. The zero-order valence-corrected chi connectivity index (χ0v) is 11.4. The summed E-state index contributed by atoms with van der Waals surface area (Å²) in [5.41, 5.74) is -0.0951. The highest BCUT2D eigenvalue weighted by atomic mass is 35.5. The molecule has 0 saturated heterocycles. The highest BCUT2D eigenvalue weighted by Crippen LogP contribution is 2.17. The summed E-state index contributed by atoms with van der Waals surface area (Å²) in [4.78, 5) is 25.8. The molecule has 4 nitrogen and oxygen atoms in total. The molecule has 0 spiro atoms. The number of pyridine rings is 1. The molecule has 1 rings (SSSR count). The minimum atomic E-state index is -0.756. The first-order chi connectivity index (χ1) is 8.54. The molecule has 0 atom stereocenters. The number of hydrogen-bond donors (Lipinski definition) is 0. The van der Waals surface area contributed by atoms with Crippen LogP contribution in [-0.2, 0) is 0 Å². The highest BCUT2D eigenvalue weighted by molar-refractivity contribution is 6.68. The van der Waals surface area contributed by atoms with Crippen LogP contribution in [0, 0.1) is 0 Å². The molecule has 98 valence electrons. The van der Waals surface area contributed by atoms with Crippen molar-refractivity contribution in [1.29, 1.82) is 0 Å². The number of nitrogens with zero attached hydrogens (tertiary/aromatic N) is 1. The molecular formula is C12H13Cl2NO3. The van der Waals surface area contributed by atoms with E-state index in [2.05, 4.69) is 11.9 Å². The molecule has 1 aromatic rings. The second-order valence-corrected chi connectivity index (χ2v) is 4.36. The van der Waals surface area contributed by atoms with Crippen LogP contribution in [0.4, 0.5) is 0 Å². The van der Waals surface area contributed by atoms with Gasteiger partial charge in [0.05, 0.1) is 6.61 Å². The number of carbonyl (C=O) groups is 2. The Morgan fingerprint density at radius 3 is 2.17 bits per heavy atom. The topological polar surface area (TPSA) is 56.3 Å². The lowest BCUT2D eigenvalue weighted by Gasteiger charge is -2.07. The lowest BCUT2D eigenvalue weighted by molar-refractivity contribution is 0.107. The van der Waals surface area contributed by atoms with Gasteiger partial charge in [0.2, 0.25) is 0 Å². The van der Waals surface area contributed by atoms with Gasteiger partial charge >= 0.3 is 0 Å². The van der Waals surface area contributed by atoms with Crippen LogP contribution in [0.5, 0.6) is 5.75 Å². The number of hydrogen-bond acceptors (Lipinski definition) is 4. The second-order valence-electron chi connectivity index (χ2n) is 3.68. The zero-order chi connectivity index (χ0) is 13.5. The molecule has 1 heterocycles.